The summed E-state index contributed by atoms with van der Waals surface area (Å²) in [6.45, 7) is 6.88. The molecule has 0 aliphatic rings. The summed E-state index contributed by atoms with van der Waals surface area (Å²) in [5.41, 5.74) is 1.14. The Morgan fingerprint density at radius 2 is 2.13 bits per heavy atom. The number of fused-ring (bicyclic) bond motifs is 1. The van der Waals surface area contributed by atoms with Gasteiger partial charge >= 0.3 is 6.09 Å². The van der Waals surface area contributed by atoms with Crippen LogP contribution in [0.2, 0.25) is 0 Å². The molecule has 1 amide bonds. The molecule has 2 heterocycles. The number of hydrogen-bond acceptors (Lipinski definition) is 5. The van der Waals surface area contributed by atoms with Crippen LogP contribution in [-0.4, -0.2) is 55.9 Å². The molecule has 0 saturated heterocycles. The number of aryl methyl sites for hydroxylation is 1. The molecule has 0 spiro atoms. The fraction of sp³-hybridized carbons (Fsp3) is 0.562. The van der Waals surface area contributed by atoms with Gasteiger partial charge in [-0.1, -0.05) is 0 Å². The van der Waals surface area contributed by atoms with Gasteiger partial charge in [-0.3, -0.25) is 0 Å². The monoisotopic (exact) mass is 320 g/mol. The summed E-state index contributed by atoms with van der Waals surface area (Å²) in [6.07, 6.45) is 3.80. The lowest BCUT2D eigenvalue weighted by Crippen LogP contribution is -2.39. The minimum atomic E-state index is -0.545. The highest BCUT2D eigenvalue weighted by Crippen LogP contribution is 2.12. The third-order valence-electron chi connectivity index (χ3n) is 3.24. The van der Waals surface area contributed by atoms with E-state index < -0.39 is 11.7 Å². The Balaban J connectivity index is 1.92. The number of ether oxygens (including phenoxy) is 1. The molecule has 126 valence electrons. The highest BCUT2D eigenvalue weighted by molar-refractivity contribution is 5.70. The van der Waals surface area contributed by atoms with Crippen molar-refractivity contribution >= 4 is 17.3 Å². The number of amides is 1. The van der Waals surface area contributed by atoms with Crippen molar-refractivity contribution in [2.45, 2.75) is 39.3 Å². The number of carbonyl (C=O) groups is 1. The van der Waals surface area contributed by atoms with Crippen LogP contribution in [0.3, 0.4) is 0 Å². The third-order valence-corrected chi connectivity index (χ3v) is 3.24. The summed E-state index contributed by atoms with van der Waals surface area (Å²) in [5, 5.41) is 9.14. The van der Waals surface area contributed by atoms with Crippen molar-refractivity contribution in [2.24, 2.45) is 0 Å². The van der Waals surface area contributed by atoms with E-state index in [-0.39, 0.29) is 13.2 Å². The van der Waals surface area contributed by atoms with E-state index in [4.69, 9.17) is 9.84 Å². The molecular weight excluding hydrogens is 296 g/mol. The van der Waals surface area contributed by atoms with Gasteiger partial charge in [0.2, 0.25) is 0 Å². The first-order valence-electron chi connectivity index (χ1n) is 7.75. The first kappa shape index (κ1) is 17.2. The van der Waals surface area contributed by atoms with Gasteiger partial charge < -0.3 is 19.3 Å². The van der Waals surface area contributed by atoms with Crippen LogP contribution < -0.4 is 0 Å². The van der Waals surface area contributed by atoms with Crippen molar-refractivity contribution < 1.29 is 14.6 Å². The molecule has 1 N–H and O–H groups in total. The maximum Gasteiger partial charge on any atom is 0.410 e. The van der Waals surface area contributed by atoms with Crippen molar-refractivity contribution in [3.05, 3.63) is 24.7 Å². The fourth-order valence-corrected chi connectivity index (χ4v) is 2.25. The smallest absolute Gasteiger partial charge is 0.410 e. The zero-order valence-corrected chi connectivity index (χ0v) is 13.9. The lowest BCUT2D eigenvalue weighted by atomic mass is 10.2. The zero-order valence-electron chi connectivity index (χ0n) is 13.9. The lowest BCUT2D eigenvalue weighted by Gasteiger charge is -2.27. The van der Waals surface area contributed by atoms with Gasteiger partial charge in [-0.05, 0) is 39.3 Å². The maximum atomic E-state index is 12.1. The first-order chi connectivity index (χ1) is 10.9. The molecule has 0 radical (unpaired) electrons. The van der Waals surface area contributed by atoms with Crippen LogP contribution in [0.1, 0.15) is 27.2 Å². The summed E-state index contributed by atoms with van der Waals surface area (Å²) >= 11 is 0. The molecular formula is C16H24N4O3. The number of pyridine rings is 1. The van der Waals surface area contributed by atoms with E-state index in [1.165, 1.54) is 4.90 Å². The van der Waals surface area contributed by atoms with E-state index in [0.717, 1.165) is 11.9 Å². The molecule has 0 saturated carbocycles. The van der Waals surface area contributed by atoms with Crippen molar-refractivity contribution in [1.29, 1.82) is 0 Å². The van der Waals surface area contributed by atoms with Crippen molar-refractivity contribution in [1.82, 2.24) is 19.4 Å². The number of nitrogens with zero attached hydrogens (tertiary/aromatic N) is 4. The molecule has 0 aliphatic heterocycles. The summed E-state index contributed by atoms with van der Waals surface area (Å²) in [5.74, 6) is 0. The van der Waals surface area contributed by atoms with Crippen LogP contribution in [0.25, 0.3) is 11.2 Å². The largest absolute Gasteiger partial charge is 0.444 e. The molecule has 0 unspecified atom stereocenters. The number of aromatic nitrogens is 3. The molecule has 2 aromatic heterocycles. The average molecular weight is 320 g/mol. The second kappa shape index (κ2) is 7.41. The Hall–Kier alpha value is -2.15. The predicted molar refractivity (Wildman–Crippen MR) is 87.0 cm³/mol. The van der Waals surface area contributed by atoms with Gasteiger partial charge in [-0.25, -0.2) is 14.8 Å². The minimum Gasteiger partial charge on any atom is -0.444 e. The van der Waals surface area contributed by atoms with Crippen LogP contribution in [-0.2, 0) is 11.3 Å². The number of hydrogen-bond donors (Lipinski definition) is 1. The summed E-state index contributed by atoms with van der Waals surface area (Å²) in [6, 6.07) is 3.84. The van der Waals surface area contributed by atoms with Crippen molar-refractivity contribution in [3.63, 3.8) is 0 Å². The summed E-state index contributed by atoms with van der Waals surface area (Å²) in [7, 11) is 0. The van der Waals surface area contributed by atoms with Gasteiger partial charge in [-0.2, -0.15) is 0 Å². The SMILES string of the molecule is CC(C)(C)OC(=O)N(CCO)CCCn1cnc2ncccc21. The van der Waals surface area contributed by atoms with Crippen LogP contribution in [0.5, 0.6) is 0 Å². The highest BCUT2D eigenvalue weighted by atomic mass is 16.6. The average Bonchev–Trinajstić information content (AvgIpc) is 2.88. The molecule has 7 nitrogen and oxygen atoms in total. The number of rotatable bonds is 6. The van der Waals surface area contributed by atoms with Gasteiger partial charge in [0, 0.05) is 25.8 Å². The molecule has 2 aromatic rings. The first-order valence-corrected chi connectivity index (χ1v) is 7.75. The summed E-state index contributed by atoms with van der Waals surface area (Å²) < 4.78 is 7.37. The Morgan fingerprint density at radius 3 is 2.83 bits per heavy atom. The van der Waals surface area contributed by atoms with Crippen LogP contribution in [0.15, 0.2) is 24.7 Å². The minimum absolute atomic E-state index is 0.0861. The van der Waals surface area contributed by atoms with E-state index >= 15 is 0 Å². The van der Waals surface area contributed by atoms with Crippen LogP contribution in [0, 0.1) is 0 Å². The third kappa shape index (κ3) is 4.92. The van der Waals surface area contributed by atoms with Crippen LogP contribution >= 0.6 is 0 Å². The molecule has 0 bridgehead atoms. The second-order valence-electron chi connectivity index (χ2n) is 6.33. The predicted octanol–water partition coefficient (Wildman–Crippen LogP) is 2.05. The Bertz CT molecular complexity index is 648. The van der Waals surface area contributed by atoms with Crippen molar-refractivity contribution in [3.8, 4) is 0 Å². The molecule has 0 fully saturated rings. The molecule has 0 atom stereocenters. The van der Waals surface area contributed by atoms with Gasteiger partial charge in [0.1, 0.15) is 5.60 Å². The number of aliphatic hydroxyl groups is 1. The highest BCUT2D eigenvalue weighted by Gasteiger charge is 2.21. The van der Waals surface area contributed by atoms with Gasteiger partial charge in [0.05, 0.1) is 18.5 Å². The van der Waals surface area contributed by atoms with E-state index in [0.29, 0.717) is 18.7 Å². The Morgan fingerprint density at radius 1 is 1.35 bits per heavy atom. The van der Waals surface area contributed by atoms with Gasteiger partial charge in [0.15, 0.2) is 5.65 Å². The summed E-state index contributed by atoms with van der Waals surface area (Å²) in [4.78, 5) is 22.1. The Labute approximate surface area is 135 Å². The standard InChI is InChI=1S/C16H24N4O3/c1-16(2,3)23-15(22)19(10-11-21)8-5-9-20-12-18-14-13(20)6-4-7-17-14/h4,6-7,12,21H,5,8-11H2,1-3H3. The van der Waals surface area contributed by atoms with Crippen LogP contribution in [0.4, 0.5) is 4.79 Å². The molecule has 7 heteroatoms. The number of imidazole rings is 1. The lowest BCUT2D eigenvalue weighted by molar-refractivity contribution is 0.0215. The molecule has 0 aliphatic carbocycles. The topological polar surface area (TPSA) is 80.5 Å². The molecule has 0 aromatic carbocycles. The Kier molecular flexibility index (Phi) is 5.54. The van der Waals surface area contributed by atoms with E-state index in [1.54, 1.807) is 12.5 Å². The quantitative estimate of drug-likeness (QED) is 0.881. The zero-order chi connectivity index (χ0) is 16.9. The van der Waals surface area contributed by atoms with Gasteiger partial charge in [-0.15, -0.1) is 0 Å². The molecule has 2 rings (SSSR count). The second-order valence-corrected chi connectivity index (χ2v) is 6.33. The number of aliphatic hydroxyl groups excluding tert-OH is 1. The van der Waals surface area contributed by atoms with Gasteiger partial charge in [0.25, 0.3) is 0 Å². The maximum absolute atomic E-state index is 12.1. The van der Waals surface area contributed by atoms with Crippen molar-refractivity contribution in [2.75, 3.05) is 19.7 Å². The molecule has 23 heavy (non-hydrogen) atoms. The van der Waals surface area contributed by atoms with E-state index in [1.807, 2.05) is 37.5 Å². The van der Waals surface area contributed by atoms with E-state index in [2.05, 4.69) is 9.97 Å². The van der Waals surface area contributed by atoms with E-state index in [9.17, 15) is 4.79 Å². The fourth-order valence-electron chi connectivity index (χ4n) is 2.25. The number of carbonyl (C=O) groups excluding carboxylic acids is 1. The normalized spacial score (nSPS) is 11.7.